The van der Waals surface area contributed by atoms with Crippen LogP contribution in [0.2, 0.25) is 0 Å². The molecule has 0 bridgehead atoms. The van der Waals surface area contributed by atoms with Crippen LogP contribution in [0.15, 0.2) is 0 Å². The first-order valence-corrected chi connectivity index (χ1v) is 5.93. The zero-order valence-electron chi connectivity index (χ0n) is 10.0. The summed E-state index contributed by atoms with van der Waals surface area (Å²) in [5.41, 5.74) is -0.411. The number of ether oxygens (including phenoxy) is 2. The summed E-state index contributed by atoms with van der Waals surface area (Å²) in [6, 6.07) is 0. The summed E-state index contributed by atoms with van der Waals surface area (Å²) >= 11 is 0. The van der Waals surface area contributed by atoms with Crippen molar-refractivity contribution in [1.82, 2.24) is 0 Å². The number of rotatable bonds is 3. The third kappa shape index (κ3) is 4.54. The third-order valence-electron chi connectivity index (χ3n) is 3.03. The molecule has 0 radical (unpaired) electrons. The minimum Gasteiger partial charge on any atom is -0.431 e. The fourth-order valence-corrected chi connectivity index (χ4v) is 1.64. The zero-order chi connectivity index (χ0) is 11.3. The monoisotopic (exact) mass is 214 g/mol. The van der Waals surface area contributed by atoms with Crippen LogP contribution in [0.5, 0.6) is 0 Å². The van der Waals surface area contributed by atoms with E-state index in [9.17, 15) is 4.79 Å². The standard InChI is InChI=1S/C12H22O3/c1-4-12(2,3)15-11(13)14-10-8-6-5-7-9-10/h10H,4-9H2,1-3H3. The highest BCUT2D eigenvalue weighted by molar-refractivity contribution is 5.60. The average Bonchev–Trinajstić information content (AvgIpc) is 2.18. The Balaban J connectivity index is 2.28. The van der Waals surface area contributed by atoms with Crippen LogP contribution in [0.25, 0.3) is 0 Å². The van der Waals surface area contributed by atoms with Crippen molar-refractivity contribution in [3.8, 4) is 0 Å². The lowest BCUT2D eigenvalue weighted by Gasteiger charge is -2.26. The second kappa shape index (κ2) is 5.38. The molecule has 0 N–H and O–H groups in total. The predicted molar refractivity (Wildman–Crippen MR) is 58.8 cm³/mol. The molecular formula is C12H22O3. The molecule has 3 heteroatoms. The van der Waals surface area contributed by atoms with Crippen molar-refractivity contribution < 1.29 is 14.3 Å². The van der Waals surface area contributed by atoms with Gasteiger partial charge in [0.05, 0.1) is 0 Å². The first-order valence-electron chi connectivity index (χ1n) is 5.93. The fraction of sp³-hybridized carbons (Fsp3) is 0.917. The molecule has 1 aliphatic carbocycles. The molecule has 0 amide bonds. The summed E-state index contributed by atoms with van der Waals surface area (Å²) < 4.78 is 10.5. The number of carbonyl (C=O) groups excluding carboxylic acids is 1. The average molecular weight is 214 g/mol. The van der Waals surface area contributed by atoms with E-state index in [0.29, 0.717) is 0 Å². The van der Waals surface area contributed by atoms with Gasteiger partial charge in [0.25, 0.3) is 0 Å². The maximum absolute atomic E-state index is 11.4. The van der Waals surface area contributed by atoms with Crippen LogP contribution in [0, 0.1) is 0 Å². The normalized spacial score (nSPS) is 18.6. The molecule has 0 unspecified atom stereocenters. The van der Waals surface area contributed by atoms with Gasteiger partial charge in [0.15, 0.2) is 0 Å². The van der Waals surface area contributed by atoms with Gasteiger partial charge in [-0.1, -0.05) is 13.3 Å². The van der Waals surface area contributed by atoms with Gasteiger partial charge in [0.2, 0.25) is 0 Å². The van der Waals surface area contributed by atoms with Crippen molar-refractivity contribution in [3.63, 3.8) is 0 Å². The Hall–Kier alpha value is -0.730. The van der Waals surface area contributed by atoms with Crippen molar-refractivity contribution in [2.45, 2.75) is 71.0 Å². The van der Waals surface area contributed by atoms with E-state index in [0.717, 1.165) is 32.1 Å². The van der Waals surface area contributed by atoms with E-state index < -0.39 is 11.8 Å². The van der Waals surface area contributed by atoms with E-state index in [2.05, 4.69) is 0 Å². The smallest absolute Gasteiger partial charge is 0.431 e. The van der Waals surface area contributed by atoms with Crippen molar-refractivity contribution in [2.75, 3.05) is 0 Å². The minimum absolute atomic E-state index is 0.0823. The van der Waals surface area contributed by atoms with Crippen LogP contribution in [-0.2, 0) is 9.47 Å². The van der Waals surface area contributed by atoms with Crippen molar-refractivity contribution in [2.24, 2.45) is 0 Å². The number of hydrogen-bond donors (Lipinski definition) is 0. The van der Waals surface area contributed by atoms with E-state index in [1.807, 2.05) is 20.8 Å². The largest absolute Gasteiger partial charge is 0.509 e. The molecule has 0 aromatic heterocycles. The maximum atomic E-state index is 11.4. The van der Waals surface area contributed by atoms with Crippen LogP contribution in [0.3, 0.4) is 0 Å². The summed E-state index contributed by atoms with van der Waals surface area (Å²) in [4.78, 5) is 11.4. The molecule has 3 nitrogen and oxygen atoms in total. The maximum Gasteiger partial charge on any atom is 0.509 e. The summed E-state index contributed by atoms with van der Waals surface area (Å²) in [5, 5.41) is 0. The van der Waals surface area contributed by atoms with Gasteiger partial charge < -0.3 is 9.47 Å². The Morgan fingerprint density at radius 1 is 1.27 bits per heavy atom. The van der Waals surface area contributed by atoms with E-state index in [1.165, 1.54) is 6.42 Å². The van der Waals surface area contributed by atoms with Crippen molar-refractivity contribution in [3.05, 3.63) is 0 Å². The molecule has 0 aromatic carbocycles. The second-order valence-electron chi connectivity index (χ2n) is 4.84. The first kappa shape index (κ1) is 12.3. The Morgan fingerprint density at radius 3 is 2.40 bits per heavy atom. The number of hydrogen-bond acceptors (Lipinski definition) is 3. The quantitative estimate of drug-likeness (QED) is 0.672. The summed E-state index contributed by atoms with van der Waals surface area (Å²) in [6.07, 6.45) is 5.93. The molecule has 0 atom stereocenters. The van der Waals surface area contributed by atoms with E-state index >= 15 is 0 Å². The van der Waals surface area contributed by atoms with Gasteiger partial charge in [-0.2, -0.15) is 0 Å². The third-order valence-corrected chi connectivity index (χ3v) is 3.03. The van der Waals surface area contributed by atoms with Gasteiger partial charge in [0, 0.05) is 0 Å². The second-order valence-corrected chi connectivity index (χ2v) is 4.84. The molecule has 0 aliphatic heterocycles. The Kier molecular flexibility index (Phi) is 4.43. The Labute approximate surface area is 92.1 Å². The molecule has 1 fully saturated rings. The molecule has 0 aromatic rings. The highest BCUT2D eigenvalue weighted by atomic mass is 16.7. The lowest BCUT2D eigenvalue weighted by molar-refractivity contribution is -0.0417. The number of carbonyl (C=O) groups is 1. The summed E-state index contributed by atoms with van der Waals surface area (Å²) in [7, 11) is 0. The van der Waals surface area contributed by atoms with E-state index in [1.54, 1.807) is 0 Å². The van der Waals surface area contributed by atoms with Gasteiger partial charge in [0.1, 0.15) is 11.7 Å². The highest BCUT2D eigenvalue weighted by Gasteiger charge is 2.24. The summed E-state index contributed by atoms with van der Waals surface area (Å²) in [5.74, 6) is 0. The van der Waals surface area contributed by atoms with Gasteiger partial charge in [-0.25, -0.2) is 4.79 Å². The zero-order valence-corrected chi connectivity index (χ0v) is 10.0. The highest BCUT2D eigenvalue weighted by Crippen LogP contribution is 2.22. The fourth-order valence-electron chi connectivity index (χ4n) is 1.64. The lowest BCUT2D eigenvalue weighted by Crippen LogP contribution is -2.30. The molecule has 1 aliphatic rings. The van der Waals surface area contributed by atoms with Gasteiger partial charge in [-0.3, -0.25) is 0 Å². The summed E-state index contributed by atoms with van der Waals surface area (Å²) in [6.45, 7) is 5.79. The van der Waals surface area contributed by atoms with Gasteiger partial charge in [-0.05, 0) is 46.0 Å². The molecule has 0 heterocycles. The molecule has 0 spiro atoms. The Bertz CT molecular complexity index is 205. The van der Waals surface area contributed by atoms with E-state index in [4.69, 9.17) is 9.47 Å². The van der Waals surface area contributed by atoms with Crippen LogP contribution in [0.1, 0.15) is 59.3 Å². The molecule has 15 heavy (non-hydrogen) atoms. The van der Waals surface area contributed by atoms with Crippen LogP contribution < -0.4 is 0 Å². The minimum atomic E-state index is -0.506. The SMILES string of the molecule is CCC(C)(C)OC(=O)OC1CCCCC1. The topological polar surface area (TPSA) is 35.5 Å². The Morgan fingerprint density at radius 2 is 1.87 bits per heavy atom. The van der Waals surface area contributed by atoms with Crippen LogP contribution >= 0.6 is 0 Å². The molecule has 88 valence electrons. The predicted octanol–water partition coefficient (Wildman–Crippen LogP) is 3.66. The van der Waals surface area contributed by atoms with Crippen LogP contribution in [0.4, 0.5) is 4.79 Å². The lowest BCUT2D eigenvalue weighted by atomic mass is 9.98. The van der Waals surface area contributed by atoms with Crippen molar-refractivity contribution in [1.29, 1.82) is 0 Å². The van der Waals surface area contributed by atoms with Crippen LogP contribution in [-0.4, -0.2) is 17.9 Å². The van der Waals surface area contributed by atoms with Gasteiger partial charge in [-0.15, -0.1) is 0 Å². The first-order chi connectivity index (χ1) is 7.03. The van der Waals surface area contributed by atoms with E-state index in [-0.39, 0.29) is 6.10 Å². The van der Waals surface area contributed by atoms with Crippen molar-refractivity contribution >= 4 is 6.16 Å². The molecule has 1 saturated carbocycles. The van der Waals surface area contributed by atoms with Gasteiger partial charge >= 0.3 is 6.16 Å². The molecule has 1 rings (SSSR count). The molecule has 0 saturated heterocycles. The molecular weight excluding hydrogens is 192 g/mol.